The summed E-state index contributed by atoms with van der Waals surface area (Å²) in [5.74, 6) is 0.698. The maximum atomic E-state index is 5.73. The number of thiazole rings is 1. The molecule has 0 atom stereocenters. The third-order valence-corrected chi connectivity index (χ3v) is 2.48. The van der Waals surface area contributed by atoms with Gasteiger partial charge < -0.3 is 10.5 Å². The number of nitrogens with two attached hydrogens (primary N) is 1. The summed E-state index contributed by atoms with van der Waals surface area (Å²) in [5.41, 5.74) is 5.51. The maximum absolute atomic E-state index is 5.73. The quantitative estimate of drug-likeness (QED) is 0.856. The first kappa shape index (κ1) is 9.30. The molecule has 2 aromatic rings. The highest BCUT2D eigenvalue weighted by Crippen LogP contribution is 2.28. The minimum Gasteiger partial charge on any atom is -0.431 e. The van der Waals surface area contributed by atoms with E-state index >= 15 is 0 Å². The standard InChI is InChI=1S/C9H7ClN2OS/c10-6-1-3-7(4-2-6)13-9-12-5-8(11)14-9/h1-5H,11H2. The second-order valence-electron chi connectivity index (χ2n) is 2.58. The number of hydrogen-bond acceptors (Lipinski definition) is 4. The topological polar surface area (TPSA) is 48.1 Å². The van der Waals surface area contributed by atoms with Crippen LogP contribution in [0.4, 0.5) is 5.00 Å². The van der Waals surface area contributed by atoms with E-state index in [2.05, 4.69) is 4.98 Å². The van der Waals surface area contributed by atoms with Gasteiger partial charge in [0.1, 0.15) is 10.8 Å². The van der Waals surface area contributed by atoms with Gasteiger partial charge in [0.15, 0.2) is 0 Å². The zero-order chi connectivity index (χ0) is 9.97. The van der Waals surface area contributed by atoms with Crippen molar-refractivity contribution >= 4 is 27.9 Å². The van der Waals surface area contributed by atoms with Gasteiger partial charge in [0.25, 0.3) is 5.19 Å². The predicted molar refractivity (Wildman–Crippen MR) is 58.1 cm³/mol. The Bertz CT molecular complexity index is 427. The van der Waals surface area contributed by atoms with Crippen molar-refractivity contribution in [1.29, 1.82) is 0 Å². The first-order chi connectivity index (χ1) is 6.74. The van der Waals surface area contributed by atoms with E-state index in [0.29, 0.717) is 21.0 Å². The molecule has 72 valence electrons. The molecule has 2 rings (SSSR count). The molecule has 1 heterocycles. The molecule has 0 aliphatic heterocycles. The second-order valence-corrected chi connectivity index (χ2v) is 4.05. The first-order valence-electron chi connectivity index (χ1n) is 3.89. The Labute approximate surface area is 90.1 Å². The van der Waals surface area contributed by atoms with Crippen molar-refractivity contribution < 1.29 is 4.74 Å². The lowest BCUT2D eigenvalue weighted by atomic mass is 10.3. The summed E-state index contributed by atoms with van der Waals surface area (Å²) < 4.78 is 5.42. The molecule has 1 aromatic carbocycles. The molecule has 0 radical (unpaired) electrons. The van der Waals surface area contributed by atoms with Crippen LogP contribution in [0.2, 0.25) is 5.02 Å². The smallest absolute Gasteiger partial charge is 0.280 e. The van der Waals surface area contributed by atoms with E-state index in [-0.39, 0.29) is 0 Å². The summed E-state index contributed by atoms with van der Waals surface area (Å²) in [7, 11) is 0. The average Bonchev–Trinajstić information content (AvgIpc) is 2.56. The van der Waals surface area contributed by atoms with Crippen molar-refractivity contribution in [3.05, 3.63) is 35.5 Å². The fourth-order valence-electron chi connectivity index (χ4n) is 0.920. The molecule has 0 amide bonds. The van der Waals surface area contributed by atoms with Gasteiger partial charge in [-0.15, -0.1) is 0 Å². The van der Waals surface area contributed by atoms with Crippen molar-refractivity contribution in [1.82, 2.24) is 4.98 Å². The molecule has 0 bridgehead atoms. The second kappa shape index (κ2) is 3.86. The van der Waals surface area contributed by atoms with Gasteiger partial charge in [-0.3, -0.25) is 0 Å². The molecule has 1 aromatic heterocycles. The van der Waals surface area contributed by atoms with Crippen molar-refractivity contribution in [2.24, 2.45) is 0 Å². The molecular formula is C9H7ClN2OS. The number of aromatic nitrogens is 1. The highest BCUT2D eigenvalue weighted by molar-refractivity contribution is 7.17. The summed E-state index contributed by atoms with van der Waals surface area (Å²) in [5, 5.41) is 1.84. The van der Waals surface area contributed by atoms with E-state index in [0.717, 1.165) is 0 Å². The molecule has 3 nitrogen and oxygen atoms in total. The summed E-state index contributed by atoms with van der Waals surface area (Å²) in [6, 6.07) is 7.07. The molecule has 0 fully saturated rings. The first-order valence-corrected chi connectivity index (χ1v) is 5.08. The van der Waals surface area contributed by atoms with Crippen molar-refractivity contribution in [2.75, 3.05) is 5.73 Å². The Balaban J connectivity index is 2.15. The van der Waals surface area contributed by atoms with Crippen LogP contribution in [0.1, 0.15) is 0 Å². The van der Waals surface area contributed by atoms with Crippen LogP contribution < -0.4 is 10.5 Å². The predicted octanol–water partition coefficient (Wildman–Crippen LogP) is 3.17. The van der Waals surface area contributed by atoms with Gasteiger partial charge in [0.05, 0.1) is 6.20 Å². The number of nitrogens with zero attached hydrogens (tertiary/aromatic N) is 1. The number of anilines is 1. The van der Waals surface area contributed by atoms with Gasteiger partial charge in [0.2, 0.25) is 0 Å². The van der Waals surface area contributed by atoms with Gasteiger partial charge in [-0.2, -0.15) is 0 Å². The summed E-state index contributed by atoms with van der Waals surface area (Å²) in [4.78, 5) is 3.97. The minimum atomic E-state index is 0.532. The highest BCUT2D eigenvalue weighted by Gasteiger charge is 2.01. The maximum Gasteiger partial charge on any atom is 0.280 e. The molecular weight excluding hydrogens is 220 g/mol. The fraction of sp³-hybridized carbons (Fsp3) is 0. The highest BCUT2D eigenvalue weighted by atomic mass is 35.5. The number of nitrogen functional groups attached to an aromatic ring is 1. The van der Waals surface area contributed by atoms with Gasteiger partial charge in [-0.25, -0.2) is 4.98 Å². The minimum absolute atomic E-state index is 0.532. The normalized spacial score (nSPS) is 10.1. The van der Waals surface area contributed by atoms with Crippen LogP contribution in [-0.2, 0) is 0 Å². The molecule has 0 saturated carbocycles. The average molecular weight is 227 g/mol. The molecule has 5 heteroatoms. The van der Waals surface area contributed by atoms with E-state index in [9.17, 15) is 0 Å². The van der Waals surface area contributed by atoms with Gasteiger partial charge in [-0.05, 0) is 24.3 Å². The number of rotatable bonds is 2. The zero-order valence-corrected chi connectivity index (χ0v) is 8.68. The van der Waals surface area contributed by atoms with E-state index in [1.807, 2.05) is 0 Å². The number of halogens is 1. The largest absolute Gasteiger partial charge is 0.431 e. The molecule has 0 spiro atoms. The number of benzene rings is 1. The van der Waals surface area contributed by atoms with Crippen LogP contribution in [0.3, 0.4) is 0 Å². The molecule has 0 unspecified atom stereocenters. The zero-order valence-electron chi connectivity index (χ0n) is 7.11. The number of hydrogen-bond donors (Lipinski definition) is 1. The van der Waals surface area contributed by atoms with Gasteiger partial charge >= 0.3 is 0 Å². The lowest BCUT2D eigenvalue weighted by molar-refractivity contribution is 0.479. The van der Waals surface area contributed by atoms with E-state index in [4.69, 9.17) is 22.1 Å². The third-order valence-electron chi connectivity index (χ3n) is 1.52. The SMILES string of the molecule is Nc1cnc(Oc2ccc(Cl)cc2)s1. The number of ether oxygens (including phenoxy) is 1. The van der Waals surface area contributed by atoms with Crippen LogP contribution >= 0.6 is 22.9 Å². The molecule has 0 saturated heterocycles. The van der Waals surface area contributed by atoms with Crippen LogP contribution in [0.5, 0.6) is 10.9 Å². The van der Waals surface area contributed by atoms with Gasteiger partial charge in [-0.1, -0.05) is 22.9 Å². The van der Waals surface area contributed by atoms with Crippen LogP contribution in [0.25, 0.3) is 0 Å². The Hall–Kier alpha value is -1.26. The van der Waals surface area contributed by atoms with E-state index in [1.54, 1.807) is 30.5 Å². The van der Waals surface area contributed by atoms with Crippen molar-refractivity contribution in [3.63, 3.8) is 0 Å². The Morgan fingerprint density at radius 1 is 1.29 bits per heavy atom. The van der Waals surface area contributed by atoms with Crippen molar-refractivity contribution in [2.45, 2.75) is 0 Å². The molecule has 0 aliphatic carbocycles. The summed E-state index contributed by atoms with van der Waals surface area (Å²) in [6.45, 7) is 0. The molecule has 14 heavy (non-hydrogen) atoms. The Morgan fingerprint density at radius 3 is 2.57 bits per heavy atom. The molecule has 2 N–H and O–H groups in total. The summed E-state index contributed by atoms with van der Waals surface area (Å²) >= 11 is 7.03. The van der Waals surface area contributed by atoms with Crippen LogP contribution in [-0.4, -0.2) is 4.98 Å². The molecule has 0 aliphatic rings. The Morgan fingerprint density at radius 2 is 2.00 bits per heavy atom. The monoisotopic (exact) mass is 226 g/mol. The fourth-order valence-corrected chi connectivity index (χ4v) is 1.60. The third kappa shape index (κ3) is 2.16. The lowest BCUT2D eigenvalue weighted by Gasteiger charge is -2.00. The Kier molecular flexibility index (Phi) is 2.56. The summed E-state index contributed by atoms with van der Waals surface area (Å²) in [6.07, 6.45) is 1.57. The van der Waals surface area contributed by atoms with Crippen LogP contribution in [0, 0.1) is 0 Å². The van der Waals surface area contributed by atoms with E-state index < -0.39 is 0 Å². The lowest BCUT2D eigenvalue weighted by Crippen LogP contribution is -1.81. The van der Waals surface area contributed by atoms with E-state index in [1.165, 1.54) is 11.3 Å². The van der Waals surface area contributed by atoms with Gasteiger partial charge in [0, 0.05) is 5.02 Å². The van der Waals surface area contributed by atoms with Crippen LogP contribution in [0.15, 0.2) is 30.5 Å². The van der Waals surface area contributed by atoms with Crippen molar-refractivity contribution in [3.8, 4) is 10.9 Å².